The van der Waals surface area contributed by atoms with Crippen LogP contribution >= 0.6 is 23.2 Å². The Bertz CT molecular complexity index is 1370. The highest BCUT2D eigenvalue weighted by atomic mass is 35.5. The zero-order valence-electron chi connectivity index (χ0n) is 21.2. The first-order valence-electron chi connectivity index (χ1n) is 12.6. The summed E-state index contributed by atoms with van der Waals surface area (Å²) in [5, 5.41) is 5.74. The van der Waals surface area contributed by atoms with Gasteiger partial charge in [0.2, 0.25) is 5.91 Å². The molecule has 0 heterocycles. The molecule has 1 atom stereocenters. The molecule has 7 heteroatoms. The molecule has 0 saturated carbocycles. The maximum atomic E-state index is 13.8. The molecule has 38 heavy (non-hydrogen) atoms. The molecule has 4 aromatic rings. The Hall–Kier alpha value is -3.54. The first kappa shape index (κ1) is 27.5. The average molecular weight is 549 g/mol. The Morgan fingerprint density at radius 2 is 1.53 bits per heavy atom. The number of rotatable bonds is 11. The summed E-state index contributed by atoms with van der Waals surface area (Å²) in [5.74, 6) is 0.0149. The molecule has 1 unspecified atom stereocenters. The number of carbonyl (C=O) groups excluding carboxylic acids is 2. The maximum absolute atomic E-state index is 13.8. The Morgan fingerprint density at radius 1 is 0.868 bits per heavy atom. The standard InChI is InChI=1S/C31H30Cl2N2O3/c1-2-18-34-31(37)28(19-22-10-4-3-5-11-22)35(20-25-26(32)15-9-16-27(25)33)30(36)21-38-29-17-8-13-23-12-6-7-14-24(23)29/h3-17,28H,2,18-21H2,1H3,(H,34,37). The van der Waals surface area contributed by atoms with Gasteiger partial charge >= 0.3 is 0 Å². The van der Waals surface area contributed by atoms with Gasteiger partial charge in [-0.15, -0.1) is 0 Å². The van der Waals surface area contributed by atoms with Crippen LogP contribution in [0.2, 0.25) is 10.0 Å². The number of amides is 2. The molecule has 0 spiro atoms. The van der Waals surface area contributed by atoms with Gasteiger partial charge in [-0.3, -0.25) is 9.59 Å². The Morgan fingerprint density at radius 3 is 2.26 bits per heavy atom. The second kappa shape index (κ2) is 13.3. The van der Waals surface area contributed by atoms with Crippen LogP contribution < -0.4 is 10.1 Å². The summed E-state index contributed by atoms with van der Waals surface area (Å²) < 4.78 is 6.03. The highest BCUT2D eigenvalue weighted by Gasteiger charge is 2.31. The number of hydrogen-bond acceptors (Lipinski definition) is 3. The maximum Gasteiger partial charge on any atom is 0.261 e. The summed E-state index contributed by atoms with van der Waals surface area (Å²) >= 11 is 13.0. The number of hydrogen-bond donors (Lipinski definition) is 1. The minimum Gasteiger partial charge on any atom is -0.483 e. The molecule has 4 aromatic carbocycles. The minimum absolute atomic E-state index is 0.0628. The summed E-state index contributed by atoms with van der Waals surface area (Å²) in [4.78, 5) is 28.8. The van der Waals surface area contributed by atoms with E-state index in [-0.39, 0.29) is 25.0 Å². The van der Waals surface area contributed by atoms with Gasteiger partial charge in [0, 0.05) is 40.5 Å². The van der Waals surface area contributed by atoms with E-state index >= 15 is 0 Å². The van der Waals surface area contributed by atoms with Gasteiger partial charge in [-0.25, -0.2) is 0 Å². The summed E-state index contributed by atoms with van der Waals surface area (Å²) in [6.07, 6.45) is 1.11. The molecule has 0 radical (unpaired) electrons. The largest absolute Gasteiger partial charge is 0.483 e. The van der Waals surface area contributed by atoms with E-state index in [1.54, 1.807) is 18.2 Å². The van der Waals surface area contributed by atoms with Crippen LogP contribution in [0.25, 0.3) is 10.8 Å². The van der Waals surface area contributed by atoms with Crippen molar-refractivity contribution in [2.24, 2.45) is 0 Å². The van der Waals surface area contributed by atoms with Crippen molar-refractivity contribution >= 4 is 45.8 Å². The number of benzene rings is 4. The lowest BCUT2D eigenvalue weighted by Crippen LogP contribution is -2.51. The van der Waals surface area contributed by atoms with E-state index in [1.807, 2.05) is 79.7 Å². The summed E-state index contributed by atoms with van der Waals surface area (Å²) in [6, 6.07) is 27.6. The number of ether oxygens (including phenoxy) is 1. The van der Waals surface area contributed by atoms with Crippen LogP contribution in [-0.4, -0.2) is 35.9 Å². The number of halogens is 2. The third-order valence-corrected chi connectivity index (χ3v) is 7.02. The van der Waals surface area contributed by atoms with Gasteiger partial charge in [-0.2, -0.15) is 0 Å². The van der Waals surface area contributed by atoms with Crippen molar-refractivity contribution < 1.29 is 14.3 Å². The van der Waals surface area contributed by atoms with Crippen LogP contribution in [0.5, 0.6) is 5.75 Å². The lowest BCUT2D eigenvalue weighted by atomic mass is 10.0. The number of carbonyl (C=O) groups is 2. The quantitative estimate of drug-likeness (QED) is 0.227. The van der Waals surface area contributed by atoms with E-state index in [0.29, 0.717) is 34.3 Å². The van der Waals surface area contributed by atoms with Gasteiger partial charge in [0.15, 0.2) is 6.61 Å². The van der Waals surface area contributed by atoms with Gasteiger partial charge in [0.05, 0.1) is 0 Å². The van der Waals surface area contributed by atoms with Crippen molar-refractivity contribution in [3.63, 3.8) is 0 Å². The summed E-state index contributed by atoms with van der Waals surface area (Å²) in [7, 11) is 0. The summed E-state index contributed by atoms with van der Waals surface area (Å²) in [5.41, 5.74) is 1.51. The van der Waals surface area contributed by atoms with E-state index in [1.165, 1.54) is 4.90 Å². The van der Waals surface area contributed by atoms with Crippen molar-refractivity contribution in [2.45, 2.75) is 32.4 Å². The molecule has 0 aliphatic carbocycles. The molecular weight excluding hydrogens is 519 g/mol. The molecule has 2 amide bonds. The van der Waals surface area contributed by atoms with Crippen molar-refractivity contribution in [1.82, 2.24) is 10.2 Å². The van der Waals surface area contributed by atoms with Crippen LogP contribution in [0.15, 0.2) is 91.0 Å². The fourth-order valence-corrected chi connectivity index (χ4v) is 4.83. The highest BCUT2D eigenvalue weighted by molar-refractivity contribution is 6.36. The predicted octanol–water partition coefficient (Wildman–Crippen LogP) is 6.69. The van der Waals surface area contributed by atoms with E-state index in [4.69, 9.17) is 27.9 Å². The highest BCUT2D eigenvalue weighted by Crippen LogP contribution is 2.28. The van der Waals surface area contributed by atoms with Crippen molar-refractivity contribution in [2.75, 3.05) is 13.2 Å². The molecular formula is C31H30Cl2N2O3. The lowest BCUT2D eigenvalue weighted by Gasteiger charge is -2.32. The zero-order chi connectivity index (χ0) is 26.9. The van der Waals surface area contributed by atoms with E-state index in [2.05, 4.69) is 5.32 Å². The van der Waals surface area contributed by atoms with Gasteiger partial charge in [0.1, 0.15) is 11.8 Å². The minimum atomic E-state index is -0.792. The fraction of sp³-hybridized carbons (Fsp3) is 0.226. The molecule has 0 saturated heterocycles. The topological polar surface area (TPSA) is 58.6 Å². The molecule has 5 nitrogen and oxygen atoms in total. The zero-order valence-corrected chi connectivity index (χ0v) is 22.7. The van der Waals surface area contributed by atoms with Crippen molar-refractivity contribution in [1.29, 1.82) is 0 Å². The molecule has 196 valence electrons. The smallest absolute Gasteiger partial charge is 0.261 e. The Labute approximate surface area is 233 Å². The SMILES string of the molecule is CCCNC(=O)C(Cc1ccccc1)N(Cc1c(Cl)cccc1Cl)C(=O)COc1cccc2ccccc12. The van der Waals surface area contributed by atoms with Gasteiger partial charge in [-0.1, -0.05) is 103 Å². The molecule has 0 bridgehead atoms. The molecule has 0 aliphatic heterocycles. The van der Waals surface area contributed by atoms with E-state index in [9.17, 15) is 9.59 Å². The van der Waals surface area contributed by atoms with Crippen LogP contribution in [0.3, 0.4) is 0 Å². The van der Waals surface area contributed by atoms with Crippen molar-refractivity contribution in [3.05, 3.63) is 112 Å². The Kier molecular flexibility index (Phi) is 9.63. The van der Waals surface area contributed by atoms with Crippen LogP contribution in [0.4, 0.5) is 0 Å². The van der Waals surface area contributed by atoms with Crippen LogP contribution in [0, 0.1) is 0 Å². The van der Waals surface area contributed by atoms with E-state index in [0.717, 1.165) is 22.8 Å². The van der Waals surface area contributed by atoms with Crippen molar-refractivity contribution in [3.8, 4) is 5.75 Å². The van der Waals surface area contributed by atoms with Gasteiger partial charge in [0.25, 0.3) is 5.91 Å². The normalized spacial score (nSPS) is 11.7. The molecule has 1 N–H and O–H groups in total. The number of nitrogens with one attached hydrogen (secondary N) is 1. The first-order chi connectivity index (χ1) is 18.5. The number of nitrogens with zero attached hydrogens (tertiary/aromatic N) is 1. The van der Waals surface area contributed by atoms with Gasteiger partial charge < -0.3 is 15.0 Å². The summed E-state index contributed by atoms with van der Waals surface area (Å²) in [6.45, 7) is 2.30. The fourth-order valence-electron chi connectivity index (χ4n) is 4.32. The average Bonchev–Trinajstić information content (AvgIpc) is 2.94. The first-order valence-corrected chi connectivity index (χ1v) is 13.4. The van der Waals surface area contributed by atoms with Gasteiger partial charge in [-0.05, 0) is 35.6 Å². The third-order valence-electron chi connectivity index (χ3n) is 6.31. The molecule has 0 fully saturated rings. The molecule has 0 aromatic heterocycles. The second-order valence-corrected chi connectivity index (χ2v) is 9.80. The second-order valence-electron chi connectivity index (χ2n) is 8.98. The Balaban J connectivity index is 1.67. The predicted molar refractivity (Wildman–Crippen MR) is 154 cm³/mol. The lowest BCUT2D eigenvalue weighted by molar-refractivity contribution is -0.142. The monoisotopic (exact) mass is 548 g/mol. The molecule has 0 aliphatic rings. The van der Waals surface area contributed by atoms with Crippen LogP contribution in [0.1, 0.15) is 24.5 Å². The van der Waals surface area contributed by atoms with Crippen LogP contribution in [-0.2, 0) is 22.6 Å². The van der Waals surface area contributed by atoms with E-state index < -0.39 is 6.04 Å². The third kappa shape index (κ3) is 6.85. The molecule has 4 rings (SSSR count). The number of fused-ring (bicyclic) bond motifs is 1.